The molecule has 0 aliphatic heterocycles. The predicted octanol–water partition coefficient (Wildman–Crippen LogP) is 4.74. The molecule has 2 heterocycles. The molecule has 0 bridgehead atoms. The molecule has 150 valence electrons. The lowest BCUT2D eigenvalue weighted by Crippen LogP contribution is -2.15. The van der Waals surface area contributed by atoms with Crippen molar-refractivity contribution in [2.45, 2.75) is 36.6 Å². The number of hydrogen-bond donors (Lipinski definition) is 1. The Kier molecular flexibility index (Phi) is 6.41. The molecule has 0 saturated carbocycles. The number of nitrogens with one attached hydrogen (secondary N) is 1. The molecule has 1 aromatic carbocycles. The van der Waals surface area contributed by atoms with Crippen LogP contribution in [0.15, 0.2) is 65.8 Å². The molecule has 3 aromatic rings. The van der Waals surface area contributed by atoms with Gasteiger partial charge in [-0.2, -0.15) is 5.26 Å². The molecule has 0 spiro atoms. The molecule has 1 atom stereocenters. The summed E-state index contributed by atoms with van der Waals surface area (Å²) < 4.78 is 0. The van der Waals surface area contributed by atoms with E-state index in [0.29, 0.717) is 29.5 Å². The number of aryl methyl sites for hydroxylation is 1. The van der Waals surface area contributed by atoms with Crippen molar-refractivity contribution in [2.75, 3.05) is 11.1 Å². The van der Waals surface area contributed by atoms with E-state index in [1.165, 1.54) is 22.9 Å². The monoisotopic (exact) mass is 414 g/mol. The predicted molar refractivity (Wildman–Crippen MR) is 118 cm³/mol. The highest BCUT2D eigenvalue weighted by molar-refractivity contribution is 7.99. The number of pyridine rings is 2. The van der Waals surface area contributed by atoms with Gasteiger partial charge in [0.25, 0.3) is 0 Å². The first-order chi connectivity index (χ1) is 14.7. The van der Waals surface area contributed by atoms with Crippen LogP contribution in [0.4, 0.5) is 5.82 Å². The number of aromatic nitrogens is 2. The average Bonchev–Trinajstić information content (AvgIpc) is 2.79. The van der Waals surface area contributed by atoms with Gasteiger partial charge in [-0.3, -0.25) is 4.79 Å². The third-order valence-corrected chi connectivity index (χ3v) is 6.24. The zero-order valence-electron chi connectivity index (χ0n) is 16.5. The van der Waals surface area contributed by atoms with Crippen LogP contribution < -0.4 is 5.32 Å². The summed E-state index contributed by atoms with van der Waals surface area (Å²) in [6.07, 6.45) is 4.86. The van der Waals surface area contributed by atoms with Crippen LogP contribution >= 0.6 is 11.8 Å². The molecule has 1 N–H and O–H groups in total. The van der Waals surface area contributed by atoms with E-state index in [0.717, 1.165) is 30.0 Å². The van der Waals surface area contributed by atoms with E-state index >= 15 is 0 Å². The van der Waals surface area contributed by atoms with Crippen molar-refractivity contribution >= 4 is 23.5 Å². The summed E-state index contributed by atoms with van der Waals surface area (Å²) in [6, 6.07) is 20.2. The molecule has 30 heavy (non-hydrogen) atoms. The first-order valence-corrected chi connectivity index (χ1v) is 11.0. The minimum atomic E-state index is -0.0941. The van der Waals surface area contributed by atoms with Gasteiger partial charge in [0.15, 0.2) is 0 Å². The van der Waals surface area contributed by atoms with E-state index in [-0.39, 0.29) is 5.91 Å². The molecule has 0 fully saturated rings. The molecule has 6 heteroatoms. The van der Waals surface area contributed by atoms with Gasteiger partial charge in [0.1, 0.15) is 16.9 Å². The Bertz CT molecular complexity index is 1060. The van der Waals surface area contributed by atoms with Crippen LogP contribution in [0.25, 0.3) is 0 Å². The number of thioether (sulfide) groups is 1. The van der Waals surface area contributed by atoms with Crippen molar-refractivity contribution in [1.29, 1.82) is 5.26 Å². The van der Waals surface area contributed by atoms with Crippen molar-refractivity contribution in [2.24, 2.45) is 0 Å². The molecule has 1 unspecified atom stereocenters. The van der Waals surface area contributed by atoms with E-state index in [2.05, 4.69) is 40.6 Å². The summed E-state index contributed by atoms with van der Waals surface area (Å²) in [7, 11) is 0. The van der Waals surface area contributed by atoms with Gasteiger partial charge in [-0.05, 0) is 54.5 Å². The molecule has 1 aliphatic carbocycles. The highest BCUT2D eigenvalue weighted by Crippen LogP contribution is 2.34. The van der Waals surface area contributed by atoms with Gasteiger partial charge < -0.3 is 5.32 Å². The molecule has 0 radical (unpaired) electrons. The Morgan fingerprint density at radius 2 is 2.03 bits per heavy atom. The quantitative estimate of drug-likeness (QED) is 0.589. The smallest absolute Gasteiger partial charge is 0.226 e. The molecule has 0 saturated heterocycles. The van der Waals surface area contributed by atoms with E-state index in [1.807, 2.05) is 18.2 Å². The van der Waals surface area contributed by atoms with Crippen molar-refractivity contribution in [3.8, 4) is 6.07 Å². The lowest BCUT2D eigenvalue weighted by atomic mass is 9.82. The number of carbonyl (C=O) groups is 1. The van der Waals surface area contributed by atoms with Crippen molar-refractivity contribution in [3.63, 3.8) is 0 Å². The third kappa shape index (κ3) is 4.87. The second kappa shape index (κ2) is 9.55. The van der Waals surface area contributed by atoms with Gasteiger partial charge in [-0.1, -0.05) is 36.4 Å². The van der Waals surface area contributed by atoms with Crippen LogP contribution in [0.1, 0.15) is 41.1 Å². The SMILES string of the molecule is N#Cc1cc2c(nc1SCCC(=O)Nc1ccccn1)CCC(c1ccccc1)C2. The molecule has 2 aromatic heterocycles. The van der Waals surface area contributed by atoms with Crippen LogP contribution in [0, 0.1) is 11.3 Å². The van der Waals surface area contributed by atoms with E-state index < -0.39 is 0 Å². The van der Waals surface area contributed by atoms with Crippen LogP contribution in [-0.4, -0.2) is 21.6 Å². The number of rotatable bonds is 6. The first-order valence-electron chi connectivity index (χ1n) is 10.0. The van der Waals surface area contributed by atoms with Gasteiger partial charge in [-0.25, -0.2) is 9.97 Å². The molecular formula is C24H22N4OS. The van der Waals surface area contributed by atoms with Crippen LogP contribution in [0.3, 0.4) is 0 Å². The van der Waals surface area contributed by atoms with Crippen molar-refractivity contribution in [1.82, 2.24) is 9.97 Å². The number of amides is 1. The summed E-state index contributed by atoms with van der Waals surface area (Å²) in [6.45, 7) is 0. The lowest BCUT2D eigenvalue weighted by molar-refractivity contribution is -0.115. The first kappa shape index (κ1) is 20.1. The molecule has 4 rings (SSSR count). The zero-order chi connectivity index (χ0) is 20.8. The third-order valence-electron chi connectivity index (χ3n) is 5.24. The van der Waals surface area contributed by atoms with E-state index in [1.54, 1.807) is 18.3 Å². The fourth-order valence-electron chi connectivity index (χ4n) is 3.73. The lowest BCUT2D eigenvalue weighted by Gasteiger charge is -2.25. The van der Waals surface area contributed by atoms with Crippen molar-refractivity contribution in [3.05, 3.63) is 83.2 Å². The maximum absolute atomic E-state index is 12.1. The Morgan fingerprint density at radius 3 is 2.80 bits per heavy atom. The Balaban J connectivity index is 1.39. The fourth-order valence-corrected chi connectivity index (χ4v) is 4.64. The topological polar surface area (TPSA) is 78.7 Å². The number of nitriles is 1. The number of benzene rings is 1. The van der Waals surface area contributed by atoms with Crippen LogP contribution in [0.2, 0.25) is 0 Å². The molecule has 1 aliphatic rings. The number of anilines is 1. The van der Waals surface area contributed by atoms with Crippen LogP contribution in [-0.2, 0) is 17.6 Å². The minimum Gasteiger partial charge on any atom is -0.311 e. The number of fused-ring (bicyclic) bond motifs is 1. The summed E-state index contributed by atoms with van der Waals surface area (Å²) in [5.41, 5.74) is 4.20. The standard InChI is InChI=1S/C24H22N4OS/c25-16-20-15-19-14-18(17-6-2-1-3-7-17)9-10-21(19)27-24(20)30-13-11-23(29)28-22-8-4-5-12-26-22/h1-8,12,15,18H,9-11,13-14H2,(H,26,28,29). The number of nitrogens with zero attached hydrogens (tertiary/aromatic N) is 3. The maximum Gasteiger partial charge on any atom is 0.226 e. The fraction of sp³-hybridized carbons (Fsp3) is 0.250. The highest BCUT2D eigenvalue weighted by atomic mass is 32.2. The molecule has 1 amide bonds. The average molecular weight is 415 g/mol. The number of hydrogen-bond acceptors (Lipinski definition) is 5. The second-order valence-corrected chi connectivity index (χ2v) is 8.35. The summed E-state index contributed by atoms with van der Waals surface area (Å²) >= 11 is 1.47. The largest absolute Gasteiger partial charge is 0.311 e. The Labute approximate surface area is 180 Å². The van der Waals surface area contributed by atoms with Gasteiger partial charge in [0.2, 0.25) is 5.91 Å². The minimum absolute atomic E-state index is 0.0941. The summed E-state index contributed by atoms with van der Waals surface area (Å²) in [5, 5.41) is 13.1. The zero-order valence-corrected chi connectivity index (χ0v) is 17.4. The summed E-state index contributed by atoms with van der Waals surface area (Å²) in [4.78, 5) is 21.0. The number of carbonyl (C=O) groups excluding carboxylic acids is 1. The highest BCUT2D eigenvalue weighted by Gasteiger charge is 2.23. The molecular weight excluding hydrogens is 392 g/mol. The van der Waals surface area contributed by atoms with Gasteiger partial charge >= 0.3 is 0 Å². The van der Waals surface area contributed by atoms with Gasteiger partial charge in [0.05, 0.1) is 5.56 Å². The Morgan fingerprint density at radius 1 is 1.20 bits per heavy atom. The summed E-state index contributed by atoms with van der Waals surface area (Å²) in [5.74, 6) is 1.49. The van der Waals surface area contributed by atoms with E-state index in [9.17, 15) is 10.1 Å². The van der Waals surface area contributed by atoms with E-state index in [4.69, 9.17) is 4.98 Å². The van der Waals surface area contributed by atoms with Crippen molar-refractivity contribution < 1.29 is 4.79 Å². The normalized spacial score (nSPS) is 15.1. The maximum atomic E-state index is 12.1. The molecule has 5 nitrogen and oxygen atoms in total. The van der Waals surface area contributed by atoms with Gasteiger partial charge in [-0.15, -0.1) is 11.8 Å². The Hall–Kier alpha value is -3.17. The van der Waals surface area contributed by atoms with Crippen LogP contribution in [0.5, 0.6) is 0 Å². The van der Waals surface area contributed by atoms with Gasteiger partial charge in [0, 0.05) is 24.1 Å². The second-order valence-electron chi connectivity index (χ2n) is 7.27.